The number of aryl methyl sites for hydroxylation is 1. The summed E-state index contributed by atoms with van der Waals surface area (Å²) >= 11 is 0. The highest BCUT2D eigenvalue weighted by molar-refractivity contribution is 5.96. The molecule has 0 atom stereocenters. The maximum atomic E-state index is 11.9. The minimum absolute atomic E-state index is 0. The number of rotatable bonds is 5. The van der Waals surface area contributed by atoms with Gasteiger partial charge >= 0.3 is 6.03 Å². The Morgan fingerprint density at radius 2 is 1.93 bits per heavy atom. The number of nitrogens with zero attached hydrogens (tertiary/aromatic N) is 3. The van der Waals surface area contributed by atoms with Crippen LogP contribution in [0.4, 0.5) is 10.5 Å². The normalized spacial score (nSPS) is 13.1. The molecule has 0 radical (unpaired) electrons. The van der Waals surface area contributed by atoms with Crippen LogP contribution in [0.5, 0.6) is 5.75 Å². The van der Waals surface area contributed by atoms with Crippen LogP contribution in [0.25, 0.3) is 22.2 Å². The van der Waals surface area contributed by atoms with Crippen molar-refractivity contribution in [3.63, 3.8) is 0 Å². The highest BCUT2D eigenvalue weighted by Crippen LogP contribution is 2.36. The van der Waals surface area contributed by atoms with Crippen molar-refractivity contribution < 1.29 is 9.53 Å². The Kier molecular flexibility index (Phi) is 5.79. The number of fused-ring (bicyclic) bond motifs is 1. The van der Waals surface area contributed by atoms with Crippen molar-refractivity contribution in [2.45, 2.75) is 27.8 Å². The van der Waals surface area contributed by atoms with Crippen LogP contribution < -0.4 is 15.0 Å². The van der Waals surface area contributed by atoms with Gasteiger partial charge in [0.05, 0.1) is 23.4 Å². The minimum Gasteiger partial charge on any atom is -0.494 e. The summed E-state index contributed by atoms with van der Waals surface area (Å²) in [7, 11) is 0. The fraction of sp³-hybridized carbons (Fsp3) is 0.304. The second-order valence-corrected chi connectivity index (χ2v) is 6.62. The van der Waals surface area contributed by atoms with E-state index in [1.165, 1.54) is 0 Å². The number of anilines is 1. The molecule has 2 aromatic carbocycles. The van der Waals surface area contributed by atoms with Crippen LogP contribution in [-0.4, -0.2) is 30.3 Å². The van der Waals surface area contributed by atoms with Crippen LogP contribution in [-0.2, 0) is 6.54 Å². The molecule has 2 amide bonds. The molecular weight excluding hydrogens is 364 g/mol. The molecule has 29 heavy (non-hydrogen) atoms. The van der Waals surface area contributed by atoms with Crippen molar-refractivity contribution in [1.82, 2.24) is 9.88 Å². The minimum atomic E-state index is -0.0726. The van der Waals surface area contributed by atoms with Crippen LogP contribution in [0.3, 0.4) is 0 Å². The summed E-state index contributed by atoms with van der Waals surface area (Å²) < 4.78 is 7.79. The number of hydrogen-bond acceptors (Lipinski definition) is 3. The first kappa shape index (κ1) is 20.3. The Morgan fingerprint density at radius 1 is 1.17 bits per heavy atom. The van der Waals surface area contributed by atoms with E-state index in [0.29, 0.717) is 25.3 Å². The molecule has 1 saturated heterocycles. The summed E-state index contributed by atoms with van der Waals surface area (Å²) in [6, 6.07) is 16.0. The van der Waals surface area contributed by atoms with Crippen LogP contribution in [0, 0.1) is 11.3 Å². The Balaban J connectivity index is 0.00000240. The van der Waals surface area contributed by atoms with E-state index in [-0.39, 0.29) is 13.5 Å². The lowest BCUT2D eigenvalue weighted by atomic mass is 10.1. The molecule has 1 aromatic heterocycles. The number of nitriles is 1. The lowest BCUT2D eigenvalue weighted by Gasteiger charge is -2.15. The van der Waals surface area contributed by atoms with E-state index < -0.39 is 0 Å². The predicted octanol–water partition coefficient (Wildman–Crippen LogP) is 4.76. The molecule has 0 aliphatic carbocycles. The van der Waals surface area contributed by atoms with E-state index in [1.807, 2.05) is 49.4 Å². The maximum Gasteiger partial charge on any atom is 0.321 e. The molecule has 150 valence electrons. The number of ether oxygens (including phenoxy) is 1. The lowest BCUT2D eigenvalue weighted by Crippen LogP contribution is -2.27. The molecular formula is C23H26N4O2. The summed E-state index contributed by atoms with van der Waals surface area (Å²) in [5.74, 6) is 0.800. The molecule has 1 aliphatic heterocycles. The standard InChI is InChI=1S/C22H22N4O2.CH4/c1-3-25-20-13-17(28-4-2)9-10-18(20)19(14-23)21(25)15-5-7-16(8-6-15)26-12-11-24-22(26)27;/h5-10,13H,3-4,11-12H2,1-2H3,(H,24,27);1H4. The second kappa shape index (κ2) is 8.27. The summed E-state index contributed by atoms with van der Waals surface area (Å²) in [5.41, 5.74) is 4.35. The van der Waals surface area contributed by atoms with Crippen molar-refractivity contribution in [1.29, 1.82) is 5.26 Å². The van der Waals surface area contributed by atoms with Gasteiger partial charge in [0.2, 0.25) is 0 Å². The molecule has 1 aliphatic rings. The van der Waals surface area contributed by atoms with Crippen molar-refractivity contribution in [2.75, 3.05) is 24.6 Å². The fourth-order valence-electron chi connectivity index (χ4n) is 3.84. The first-order chi connectivity index (χ1) is 13.7. The van der Waals surface area contributed by atoms with Crippen molar-refractivity contribution in [3.8, 4) is 23.1 Å². The fourth-order valence-corrected chi connectivity index (χ4v) is 3.84. The van der Waals surface area contributed by atoms with Gasteiger partial charge in [-0.05, 0) is 43.7 Å². The van der Waals surface area contributed by atoms with E-state index in [2.05, 4.69) is 22.9 Å². The number of urea groups is 1. The Hall–Kier alpha value is -3.46. The zero-order valence-corrected chi connectivity index (χ0v) is 16.0. The molecule has 6 heteroatoms. The summed E-state index contributed by atoms with van der Waals surface area (Å²) in [5, 5.41) is 13.6. The summed E-state index contributed by atoms with van der Waals surface area (Å²) in [6.07, 6.45) is 0. The molecule has 3 aromatic rings. The number of hydrogen-bond donors (Lipinski definition) is 1. The number of amides is 2. The highest BCUT2D eigenvalue weighted by atomic mass is 16.5. The number of carbonyl (C=O) groups is 1. The Morgan fingerprint density at radius 3 is 2.52 bits per heavy atom. The highest BCUT2D eigenvalue weighted by Gasteiger charge is 2.22. The van der Waals surface area contributed by atoms with Gasteiger partial charge in [0, 0.05) is 36.8 Å². The quantitative estimate of drug-likeness (QED) is 0.682. The first-order valence-electron chi connectivity index (χ1n) is 9.52. The molecule has 0 spiro atoms. The van der Waals surface area contributed by atoms with Crippen molar-refractivity contribution in [2.24, 2.45) is 0 Å². The van der Waals surface area contributed by atoms with Crippen molar-refractivity contribution in [3.05, 3.63) is 48.0 Å². The maximum absolute atomic E-state index is 11.9. The van der Waals surface area contributed by atoms with Gasteiger partial charge < -0.3 is 14.6 Å². The number of aromatic nitrogens is 1. The van der Waals surface area contributed by atoms with Crippen LogP contribution in [0.2, 0.25) is 0 Å². The zero-order valence-electron chi connectivity index (χ0n) is 16.0. The Labute approximate surface area is 171 Å². The molecule has 1 fully saturated rings. The third kappa shape index (κ3) is 3.40. The van der Waals surface area contributed by atoms with E-state index in [4.69, 9.17) is 4.74 Å². The van der Waals surface area contributed by atoms with Gasteiger partial charge in [-0.2, -0.15) is 5.26 Å². The van der Waals surface area contributed by atoms with Gasteiger partial charge in [-0.1, -0.05) is 19.6 Å². The van der Waals surface area contributed by atoms with E-state index in [1.54, 1.807) is 4.90 Å². The average Bonchev–Trinajstić information content (AvgIpc) is 3.28. The lowest BCUT2D eigenvalue weighted by molar-refractivity contribution is 0.252. The molecule has 0 bridgehead atoms. The molecule has 2 heterocycles. The van der Waals surface area contributed by atoms with E-state index in [9.17, 15) is 10.1 Å². The average molecular weight is 390 g/mol. The smallest absolute Gasteiger partial charge is 0.321 e. The van der Waals surface area contributed by atoms with Gasteiger partial charge in [-0.3, -0.25) is 4.90 Å². The monoisotopic (exact) mass is 390 g/mol. The SMILES string of the molecule is C.CCOc1ccc2c(C#N)c(-c3ccc(N4CCNC4=O)cc3)n(CC)c2c1. The molecule has 1 N–H and O–H groups in total. The third-order valence-electron chi connectivity index (χ3n) is 5.08. The second-order valence-electron chi connectivity index (χ2n) is 6.62. The topological polar surface area (TPSA) is 70.3 Å². The van der Waals surface area contributed by atoms with Gasteiger partial charge in [0.25, 0.3) is 0 Å². The van der Waals surface area contributed by atoms with Gasteiger partial charge in [-0.25, -0.2) is 4.79 Å². The molecule has 6 nitrogen and oxygen atoms in total. The van der Waals surface area contributed by atoms with Crippen molar-refractivity contribution >= 4 is 22.6 Å². The van der Waals surface area contributed by atoms with Gasteiger partial charge in [-0.15, -0.1) is 0 Å². The largest absolute Gasteiger partial charge is 0.494 e. The summed E-state index contributed by atoms with van der Waals surface area (Å²) in [6.45, 7) is 6.68. The predicted molar refractivity (Wildman–Crippen MR) is 116 cm³/mol. The Bertz CT molecular complexity index is 1080. The molecule has 0 saturated carbocycles. The molecule has 0 unspecified atom stereocenters. The first-order valence-corrected chi connectivity index (χ1v) is 9.52. The zero-order chi connectivity index (χ0) is 19.7. The number of nitrogens with one attached hydrogen (secondary N) is 1. The number of benzene rings is 2. The van der Waals surface area contributed by atoms with Crippen LogP contribution in [0.1, 0.15) is 26.8 Å². The van der Waals surface area contributed by atoms with Crippen LogP contribution in [0.15, 0.2) is 42.5 Å². The van der Waals surface area contributed by atoms with Gasteiger partial charge in [0.15, 0.2) is 0 Å². The van der Waals surface area contributed by atoms with E-state index in [0.717, 1.165) is 40.1 Å². The van der Waals surface area contributed by atoms with Crippen LogP contribution >= 0.6 is 0 Å². The van der Waals surface area contributed by atoms with E-state index >= 15 is 0 Å². The van der Waals surface area contributed by atoms with Gasteiger partial charge in [0.1, 0.15) is 11.8 Å². The third-order valence-corrected chi connectivity index (χ3v) is 5.08. The molecule has 4 rings (SSSR count). The number of carbonyl (C=O) groups excluding carboxylic acids is 1. The summed E-state index contributed by atoms with van der Waals surface area (Å²) in [4.78, 5) is 13.6.